The molecule has 1 heterocycles. The fourth-order valence-electron chi connectivity index (χ4n) is 1.90. The predicted octanol–water partition coefficient (Wildman–Crippen LogP) is 3.37. The summed E-state index contributed by atoms with van der Waals surface area (Å²) in [7, 11) is 0.500. The van der Waals surface area contributed by atoms with Gasteiger partial charge in [0.05, 0.1) is 19.3 Å². The number of carbonyl (C=O) groups excluding carboxylic acids is 2. The summed E-state index contributed by atoms with van der Waals surface area (Å²) in [5.74, 6) is -3.17. The lowest BCUT2D eigenvalue weighted by Gasteiger charge is -2.08. The van der Waals surface area contributed by atoms with Gasteiger partial charge in [-0.15, -0.1) is 0 Å². The molecule has 2 rings (SSSR count). The predicted molar refractivity (Wildman–Crippen MR) is 89.9 cm³/mol. The summed E-state index contributed by atoms with van der Waals surface area (Å²) in [4.78, 5) is 33.5. The van der Waals surface area contributed by atoms with E-state index in [2.05, 4.69) is 0 Å². The van der Waals surface area contributed by atoms with Gasteiger partial charge in [-0.25, -0.2) is 4.79 Å². The van der Waals surface area contributed by atoms with Crippen molar-refractivity contribution >= 4 is 17.5 Å². The third-order valence-electron chi connectivity index (χ3n) is 2.87. The van der Waals surface area contributed by atoms with E-state index in [1.54, 1.807) is 22.9 Å². The van der Waals surface area contributed by atoms with Crippen molar-refractivity contribution in [2.75, 3.05) is 7.18 Å². The Morgan fingerprint density at radius 3 is 2.12 bits per heavy atom. The molecule has 0 amide bonds. The topological polar surface area (TPSA) is 76.4 Å². The molecule has 130 valence electrons. The lowest BCUT2D eigenvalue weighted by atomic mass is 10.1. The summed E-state index contributed by atoms with van der Waals surface area (Å²) >= 11 is 0. The van der Waals surface area contributed by atoms with E-state index in [4.69, 9.17) is 5.11 Å². The first-order chi connectivity index (χ1) is 11.6. The number of aliphatic carboxylic acids is 1. The van der Waals surface area contributed by atoms with Gasteiger partial charge in [-0.3, -0.25) is 14.0 Å². The van der Waals surface area contributed by atoms with Crippen LogP contribution in [-0.2, 0) is 16.1 Å². The number of aromatic nitrogens is 1. The minimum atomic E-state index is -1.58. The van der Waals surface area contributed by atoms with Crippen LogP contribution >= 0.6 is 0 Å². The summed E-state index contributed by atoms with van der Waals surface area (Å²) in [5, 5.41) is 8.52. The fraction of sp³-hybridized carbons (Fsp3) is 0.278. The lowest BCUT2D eigenvalue weighted by molar-refractivity contribution is -0.148. The molecule has 0 fully saturated rings. The van der Waals surface area contributed by atoms with Crippen LogP contribution in [0.2, 0.25) is 0 Å². The average Bonchev–Trinajstić information content (AvgIpc) is 3.07. The molecule has 0 spiro atoms. The summed E-state index contributed by atoms with van der Waals surface area (Å²) in [6, 6.07) is 12.8. The molecule has 1 aromatic carbocycles. The largest absolute Gasteiger partial charge is 0.475 e. The molecule has 0 unspecified atom stereocenters. The van der Waals surface area contributed by atoms with Gasteiger partial charge in [-0.05, 0) is 17.7 Å². The quantitative estimate of drug-likeness (QED) is 0.499. The van der Waals surface area contributed by atoms with Crippen molar-refractivity contribution in [3.05, 3.63) is 59.9 Å². The summed E-state index contributed by atoms with van der Waals surface area (Å²) in [6.45, 7) is 4.50. The minimum absolute atomic E-state index is 0.337. The third-order valence-corrected chi connectivity index (χ3v) is 2.87. The van der Waals surface area contributed by atoms with Gasteiger partial charge in [-0.1, -0.05) is 44.2 Å². The maximum atomic E-state index is 11.9. The first kappa shape index (κ1) is 21.2. The molecule has 2 aromatic rings. The molecule has 1 aromatic heterocycles. The van der Waals surface area contributed by atoms with Gasteiger partial charge in [0.15, 0.2) is 5.78 Å². The van der Waals surface area contributed by atoms with Crippen LogP contribution in [0.3, 0.4) is 0 Å². The number of ketones is 2. The lowest BCUT2D eigenvalue weighted by Crippen LogP contribution is -2.19. The Hall–Kier alpha value is -2.76. The number of halogens is 1. The number of carboxylic acids is 1. The van der Waals surface area contributed by atoms with Gasteiger partial charge >= 0.3 is 5.97 Å². The highest BCUT2D eigenvalue weighted by Gasteiger charge is 2.19. The molecule has 6 heteroatoms. The summed E-state index contributed by atoms with van der Waals surface area (Å²) in [5.41, 5.74) is 1.35. The molecule has 0 saturated heterocycles. The van der Waals surface area contributed by atoms with E-state index >= 15 is 0 Å². The Kier molecular flexibility index (Phi) is 10.4. The third kappa shape index (κ3) is 6.56. The monoisotopic (exact) mass is 335 g/mol. The zero-order valence-corrected chi connectivity index (χ0v) is 14.0. The number of benzene rings is 1. The Labute approximate surface area is 140 Å². The zero-order valence-electron chi connectivity index (χ0n) is 14.0. The average molecular weight is 335 g/mol. The number of rotatable bonds is 6. The molecule has 0 atom stereocenters. The maximum absolute atomic E-state index is 11.9. The Bertz CT molecular complexity index is 650. The first-order valence-corrected chi connectivity index (χ1v) is 7.44. The van der Waals surface area contributed by atoms with Crippen molar-refractivity contribution in [3.63, 3.8) is 0 Å². The van der Waals surface area contributed by atoms with Crippen molar-refractivity contribution < 1.29 is 23.9 Å². The van der Waals surface area contributed by atoms with Gasteiger partial charge in [0.2, 0.25) is 5.78 Å². The first-order valence-electron chi connectivity index (χ1n) is 7.44. The number of alkyl halides is 1. The number of nitrogens with zero attached hydrogens (tertiary/aromatic N) is 1. The van der Waals surface area contributed by atoms with Gasteiger partial charge in [0, 0.05) is 12.7 Å². The molecule has 1 N–H and O–H groups in total. The van der Waals surface area contributed by atoms with Gasteiger partial charge in [-0.2, -0.15) is 0 Å². The van der Waals surface area contributed by atoms with E-state index in [9.17, 15) is 18.8 Å². The molecule has 0 radical (unpaired) electrons. The second-order valence-electron chi connectivity index (χ2n) is 4.34. The Balaban J connectivity index is 0.00000123. The van der Waals surface area contributed by atoms with Crippen LogP contribution < -0.4 is 0 Å². The van der Waals surface area contributed by atoms with Crippen LogP contribution in [0, 0.1) is 0 Å². The highest BCUT2D eigenvalue weighted by Crippen LogP contribution is 2.10. The molecule has 0 bridgehead atoms. The molecule has 5 nitrogen and oxygen atoms in total. The van der Waals surface area contributed by atoms with Crippen LogP contribution in [-0.4, -0.2) is 34.4 Å². The Morgan fingerprint density at radius 1 is 1.00 bits per heavy atom. The number of Topliss-reactive ketones (excluding diaryl/α,β-unsaturated/α-hetero) is 2. The summed E-state index contributed by atoms with van der Waals surface area (Å²) in [6.07, 6.45) is 1.11. The molecular formula is C18H22FNO4. The van der Waals surface area contributed by atoms with Crippen LogP contribution in [0.5, 0.6) is 0 Å². The van der Waals surface area contributed by atoms with E-state index in [0.717, 1.165) is 5.56 Å². The van der Waals surface area contributed by atoms with Gasteiger partial charge in [0.25, 0.3) is 0 Å². The van der Waals surface area contributed by atoms with E-state index in [1.165, 1.54) is 0 Å². The molecule has 0 aliphatic rings. The van der Waals surface area contributed by atoms with Crippen molar-refractivity contribution in [2.24, 2.45) is 0 Å². The van der Waals surface area contributed by atoms with Gasteiger partial charge < -0.3 is 9.67 Å². The smallest absolute Gasteiger partial charge is 0.372 e. The van der Waals surface area contributed by atoms with Gasteiger partial charge in [0.1, 0.15) is 0 Å². The molecular weight excluding hydrogens is 313 g/mol. The molecule has 0 saturated carbocycles. The van der Waals surface area contributed by atoms with Crippen LogP contribution in [0.15, 0.2) is 48.7 Å². The van der Waals surface area contributed by atoms with E-state index < -0.39 is 24.0 Å². The van der Waals surface area contributed by atoms with Crippen molar-refractivity contribution in [1.29, 1.82) is 0 Å². The van der Waals surface area contributed by atoms with Crippen molar-refractivity contribution in [1.82, 2.24) is 4.57 Å². The van der Waals surface area contributed by atoms with Crippen LogP contribution in [0.25, 0.3) is 0 Å². The SMILES string of the molecule is CC.CF.O=C(O)C(=O)CC(=O)c1cccn1Cc1ccccc1. The Morgan fingerprint density at radius 2 is 1.58 bits per heavy atom. The molecule has 24 heavy (non-hydrogen) atoms. The van der Waals surface area contributed by atoms with Crippen molar-refractivity contribution in [2.45, 2.75) is 26.8 Å². The highest BCUT2D eigenvalue weighted by atomic mass is 19.1. The maximum Gasteiger partial charge on any atom is 0.372 e. The van der Waals surface area contributed by atoms with E-state index in [1.807, 2.05) is 44.2 Å². The molecule has 0 aliphatic carbocycles. The number of carbonyl (C=O) groups is 3. The minimum Gasteiger partial charge on any atom is -0.475 e. The number of carboxylic acid groups (broad SMARTS) is 1. The normalized spacial score (nSPS) is 9.00. The second kappa shape index (κ2) is 11.8. The summed E-state index contributed by atoms with van der Waals surface area (Å²) < 4.78 is 11.2. The zero-order chi connectivity index (χ0) is 18.5. The van der Waals surface area contributed by atoms with E-state index in [-0.39, 0.29) is 0 Å². The molecule has 0 aliphatic heterocycles. The van der Waals surface area contributed by atoms with Crippen LogP contribution in [0.4, 0.5) is 4.39 Å². The second-order valence-corrected chi connectivity index (χ2v) is 4.34. The van der Waals surface area contributed by atoms with Crippen molar-refractivity contribution in [3.8, 4) is 0 Å². The fourth-order valence-corrected chi connectivity index (χ4v) is 1.90. The van der Waals surface area contributed by atoms with Crippen LogP contribution in [0.1, 0.15) is 36.3 Å². The van der Waals surface area contributed by atoms with E-state index in [0.29, 0.717) is 19.4 Å². The number of hydrogen-bond acceptors (Lipinski definition) is 3. The highest BCUT2D eigenvalue weighted by molar-refractivity contribution is 6.37. The standard InChI is InChI=1S/C15H13NO4.C2H6.CH3F/c17-13(9-14(18)15(19)20)12-7-4-8-16(12)10-11-5-2-1-3-6-11;2*1-2/h1-8H,9-10H2,(H,19,20);1-2H3;1H3. The number of hydrogen-bond donors (Lipinski definition) is 1.